The van der Waals surface area contributed by atoms with Crippen LogP contribution in [0.1, 0.15) is 29.4 Å². The van der Waals surface area contributed by atoms with Crippen LogP contribution in [0.2, 0.25) is 0 Å². The molecule has 6 nitrogen and oxygen atoms in total. The molecule has 1 amide bonds. The van der Waals surface area contributed by atoms with E-state index in [1.807, 2.05) is 36.7 Å². The number of benzene rings is 2. The van der Waals surface area contributed by atoms with Crippen LogP contribution < -0.4 is 10.1 Å². The summed E-state index contributed by atoms with van der Waals surface area (Å²) in [6.07, 6.45) is 0.114. The van der Waals surface area contributed by atoms with Crippen LogP contribution >= 0.6 is 0 Å². The molecule has 148 valence electrons. The minimum atomic E-state index is -0.614. The second kappa shape index (κ2) is 9.07. The lowest BCUT2D eigenvalue weighted by molar-refractivity contribution is -0.127. The fraction of sp³-hybridized carbons (Fsp3) is 0.261. The van der Waals surface area contributed by atoms with E-state index in [9.17, 15) is 4.79 Å². The predicted molar refractivity (Wildman–Crippen MR) is 111 cm³/mol. The molecular formula is C23H24N4O2. The molecule has 1 aromatic heterocycles. The highest BCUT2D eigenvalue weighted by Crippen LogP contribution is 2.14. The maximum Gasteiger partial charge on any atom is 0.260 e. The molecule has 0 aliphatic heterocycles. The molecular weight excluding hydrogens is 364 g/mol. The summed E-state index contributed by atoms with van der Waals surface area (Å²) < 4.78 is 7.54. The number of rotatable bonds is 7. The van der Waals surface area contributed by atoms with Gasteiger partial charge in [-0.15, -0.1) is 0 Å². The summed E-state index contributed by atoms with van der Waals surface area (Å²) in [7, 11) is 0. The lowest BCUT2D eigenvalue weighted by Crippen LogP contribution is -2.37. The lowest BCUT2D eigenvalue weighted by atomic mass is 10.1. The molecule has 0 radical (unpaired) electrons. The molecule has 3 aromatic rings. The van der Waals surface area contributed by atoms with Gasteiger partial charge in [-0.05, 0) is 75.2 Å². The minimum absolute atomic E-state index is 0.173. The molecule has 1 N–H and O–H groups in total. The molecule has 2 aromatic carbocycles. The van der Waals surface area contributed by atoms with E-state index in [2.05, 4.69) is 28.6 Å². The van der Waals surface area contributed by atoms with E-state index in [1.165, 1.54) is 0 Å². The normalized spacial score (nSPS) is 11.5. The zero-order valence-corrected chi connectivity index (χ0v) is 16.8. The third kappa shape index (κ3) is 5.23. The van der Waals surface area contributed by atoms with Gasteiger partial charge in [-0.25, -0.2) is 4.68 Å². The number of aromatic nitrogens is 2. The van der Waals surface area contributed by atoms with Crippen molar-refractivity contribution in [3.05, 3.63) is 77.1 Å². The molecule has 1 heterocycles. The van der Waals surface area contributed by atoms with Crippen molar-refractivity contribution in [1.29, 1.82) is 5.26 Å². The molecule has 1 atom stereocenters. The van der Waals surface area contributed by atoms with Gasteiger partial charge in [0.2, 0.25) is 0 Å². The van der Waals surface area contributed by atoms with Crippen molar-refractivity contribution in [2.75, 3.05) is 6.54 Å². The monoisotopic (exact) mass is 388 g/mol. The highest BCUT2D eigenvalue weighted by Gasteiger charge is 2.14. The van der Waals surface area contributed by atoms with Crippen molar-refractivity contribution >= 4 is 5.91 Å². The first-order valence-electron chi connectivity index (χ1n) is 9.53. The summed E-state index contributed by atoms with van der Waals surface area (Å²) >= 11 is 0. The van der Waals surface area contributed by atoms with Gasteiger partial charge in [0.15, 0.2) is 6.10 Å². The molecule has 1 unspecified atom stereocenters. The maximum absolute atomic E-state index is 12.2. The van der Waals surface area contributed by atoms with E-state index >= 15 is 0 Å². The van der Waals surface area contributed by atoms with Gasteiger partial charge in [0.25, 0.3) is 5.91 Å². The number of hydrogen-bond acceptors (Lipinski definition) is 4. The van der Waals surface area contributed by atoms with Crippen molar-refractivity contribution in [3.63, 3.8) is 0 Å². The number of amides is 1. The smallest absolute Gasteiger partial charge is 0.260 e. The largest absolute Gasteiger partial charge is 0.481 e. The van der Waals surface area contributed by atoms with Crippen LogP contribution in [-0.2, 0) is 11.2 Å². The van der Waals surface area contributed by atoms with Crippen LogP contribution in [0.3, 0.4) is 0 Å². The number of aryl methyl sites for hydroxylation is 2. The third-order valence-electron chi connectivity index (χ3n) is 4.57. The molecule has 0 fully saturated rings. The summed E-state index contributed by atoms with van der Waals surface area (Å²) in [5.41, 5.74) is 4.80. The minimum Gasteiger partial charge on any atom is -0.481 e. The van der Waals surface area contributed by atoms with Crippen LogP contribution in [0.15, 0.2) is 54.6 Å². The molecule has 6 heteroatoms. The summed E-state index contributed by atoms with van der Waals surface area (Å²) in [5.74, 6) is 0.389. The molecule has 0 spiro atoms. The number of nitriles is 1. The van der Waals surface area contributed by atoms with E-state index in [-0.39, 0.29) is 5.91 Å². The van der Waals surface area contributed by atoms with Crippen molar-refractivity contribution in [1.82, 2.24) is 15.1 Å². The Labute approximate surface area is 170 Å². The Morgan fingerprint density at radius 3 is 2.45 bits per heavy atom. The van der Waals surface area contributed by atoms with Crippen LogP contribution in [0, 0.1) is 25.2 Å². The van der Waals surface area contributed by atoms with Gasteiger partial charge in [0.1, 0.15) is 5.75 Å². The van der Waals surface area contributed by atoms with Gasteiger partial charge >= 0.3 is 0 Å². The summed E-state index contributed by atoms with van der Waals surface area (Å²) in [5, 5.41) is 16.2. The van der Waals surface area contributed by atoms with E-state index in [4.69, 9.17) is 10.00 Å². The van der Waals surface area contributed by atoms with Gasteiger partial charge in [0.05, 0.1) is 23.0 Å². The summed E-state index contributed by atoms with van der Waals surface area (Å²) in [6, 6.07) is 19.0. The Morgan fingerprint density at radius 1 is 1.17 bits per heavy atom. The van der Waals surface area contributed by atoms with E-state index in [0.29, 0.717) is 17.9 Å². The topological polar surface area (TPSA) is 79.9 Å². The SMILES string of the molecule is Cc1cc(C)n(-c2ccc(CCNC(=O)C(C)Oc3ccc(C#N)cc3)cc2)n1. The number of ether oxygens (including phenoxy) is 1. The second-order valence-electron chi connectivity index (χ2n) is 6.94. The lowest BCUT2D eigenvalue weighted by Gasteiger charge is -2.15. The first kappa shape index (κ1) is 20.2. The maximum atomic E-state index is 12.2. The van der Waals surface area contributed by atoms with Crippen molar-refractivity contribution in [3.8, 4) is 17.5 Å². The van der Waals surface area contributed by atoms with E-state index in [1.54, 1.807) is 31.2 Å². The number of nitrogens with zero attached hydrogens (tertiary/aromatic N) is 3. The Kier molecular flexibility index (Phi) is 6.30. The quantitative estimate of drug-likeness (QED) is 0.672. The number of carbonyl (C=O) groups excluding carboxylic acids is 1. The zero-order chi connectivity index (χ0) is 20.8. The fourth-order valence-corrected chi connectivity index (χ4v) is 3.03. The van der Waals surface area contributed by atoms with E-state index in [0.717, 1.165) is 29.1 Å². The average molecular weight is 388 g/mol. The van der Waals surface area contributed by atoms with Crippen molar-refractivity contribution < 1.29 is 9.53 Å². The van der Waals surface area contributed by atoms with Crippen molar-refractivity contribution in [2.24, 2.45) is 0 Å². The molecule has 0 bridgehead atoms. The molecule has 29 heavy (non-hydrogen) atoms. The Morgan fingerprint density at radius 2 is 1.86 bits per heavy atom. The van der Waals surface area contributed by atoms with Crippen LogP contribution in [-0.4, -0.2) is 28.3 Å². The van der Waals surface area contributed by atoms with Crippen molar-refractivity contribution in [2.45, 2.75) is 33.3 Å². The average Bonchev–Trinajstić information content (AvgIpc) is 3.07. The standard InChI is InChI=1S/C23H24N4O2/c1-16-14-17(2)27(26-16)21-8-4-19(5-9-21)12-13-25-23(28)18(3)29-22-10-6-20(15-24)7-11-22/h4-11,14,18H,12-13H2,1-3H3,(H,25,28). The van der Waals surface area contributed by atoms with Gasteiger partial charge < -0.3 is 10.1 Å². The molecule has 0 saturated carbocycles. The number of hydrogen-bond donors (Lipinski definition) is 1. The van der Waals surface area contributed by atoms with Gasteiger partial charge in [0, 0.05) is 12.2 Å². The predicted octanol–water partition coefficient (Wildman–Crippen LogP) is 3.49. The highest BCUT2D eigenvalue weighted by molar-refractivity contribution is 5.80. The Bertz CT molecular complexity index is 1010. The molecule has 3 rings (SSSR count). The first-order valence-corrected chi connectivity index (χ1v) is 9.53. The van der Waals surface area contributed by atoms with Gasteiger partial charge in [-0.3, -0.25) is 4.79 Å². The van der Waals surface area contributed by atoms with Gasteiger partial charge in [-0.1, -0.05) is 12.1 Å². The summed E-state index contributed by atoms with van der Waals surface area (Å²) in [4.78, 5) is 12.2. The number of carbonyl (C=O) groups is 1. The van der Waals surface area contributed by atoms with Crippen LogP contribution in [0.4, 0.5) is 0 Å². The molecule has 0 saturated heterocycles. The van der Waals surface area contributed by atoms with Gasteiger partial charge in [-0.2, -0.15) is 10.4 Å². The highest BCUT2D eigenvalue weighted by atomic mass is 16.5. The third-order valence-corrected chi connectivity index (χ3v) is 4.57. The number of nitrogens with one attached hydrogen (secondary N) is 1. The summed E-state index contributed by atoms with van der Waals surface area (Å²) in [6.45, 7) is 6.24. The second-order valence-corrected chi connectivity index (χ2v) is 6.94. The Hall–Kier alpha value is -3.59. The fourth-order valence-electron chi connectivity index (χ4n) is 3.03. The first-order chi connectivity index (χ1) is 14.0. The molecule has 0 aliphatic carbocycles. The molecule has 0 aliphatic rings. The van der Waals surface area contributed by atoms with Crippen LogP contribution in [0.5, 0.6) is 5.75 Å². The van der Waals surface area contributed by atoms with Crippen LogP contribution in [0.25, 0.3) is 5.69 Å². The van der Waals surface area contributed by atoms with E-state index < -0.39 is 6.10 Å². The Balaban J connectivity index is 1.48. The zero-order valence-electron chi connectivity index (χ0n) is 16.8.